The van der Waals surface area contributed by atoms with E-state index < -0.39 is 17.3 Å². The van der Waals surface area contributed by atoms with E-state index in [0.29, 0.717) is 11.3 Å². The van der Waals surface area contributed by atoms with Crippen LogP contribution >= 0.6 is 0 Å². The number of benzene rings is 2. The molecule has 0 amide bonds. The lowest BCUT2D eigenvalue weighted by Crippen LogP contribution is -2.40. The van der Waals surface area contributed by atoms with Gasteiger partial charge in [-0.05, 0) is 37.6 Å². The summed E-state index contributed by atoms with van der Waals surface area (Å²) >= 11 is 0. The molecule has 1 atom stereocenters. The molecule has 2 aromatic carbocycles. The summed E-state index contributed by atoms with van der Waals surface area (Å²) in [6.07, 6.45) is 0. The topological polar surface area (TPSA) is 49.3 Å². The van der Waals surface area contributed by atoms with E-state index in [-0.39, 0.29) is 0 Å². The van der Waals surface area contributed by atoms with E-state index in [1.54, 1.807) is 25.1 Å². The second-order valence-electron chi connectivity index (χ2n) is 4.93. The van der Waals surface area contributed by atoms with Crippen molar-refractivity contribution in [3.8, 4) is 0 Å². The molecule has 2 N–H and O–H groups in total. The van der Waals surface area contributed by atoms with Crippen LogP contribution in [0.25, 0.3) is 0 Å². The van der Waals surface area contributed by atoms with Crippen molar-refractivity contribution in [2.45, 2.75) is 19.4 Å². The maximum Gasteiger partial charge on any atom is 0.333 e. The molecule has 0 bridgehead atoms. The van der Waals surface area contributed by atoms with Crippen molar-refractivity contribution in [3.05, 3.63) is 65.5 Å². The first-order valence-electron chi connectivity index (χ1n) is 6.26. The second-order valence-corrected chi connectivity index (χ2v) is 4.93. The summed E-state index contributed by atoms with van der Waals surface area (Å²) in [5, 5.41) is 12.4. The van der Waals surface area contributed by atoms with Gasteiger partial charge in [0.05, 0.1) is 0 Å². The maximum absolute atomic E-state index is 13.2. The van der Waals surface area contributed by atoms with E-state index >= 15 is 0 Å². The van der Waals surface area contributed by atoms with Crippen LogP contribution in [0.4, 0.5) is 10.1 Å². The highest BCUT2D eigenvalue weighted by molar-refractivity contribution is 5.84. The van der Waals surface area contributed by atoms with Crippen LogP contribution in [0, 0.1) is 12.7 Å². The maximum atomic E-state index is 13.2. The summed E-state index contributed by atoms with van der Waals surface area (Å²) in [5.41, 5.74) is 0.768. The molecule has 4 heteroatoms. The van der Waals surface area contributed by atoms with Crippen LogP contribution in [-0.2, 0) is 10.3 Å². The van der Waals surface area contributed by atoms with E-state index in [0.717, 1.165) is 5.56 Å². The first-order valence-corrected chi connectivity index (χ1v) is 6.26. The predicted octanol–water partition coefficient (Wildman–Crippen LogP) is 3.55. The number of halogens is 1. The van der Waals surface area contributed by atoms with Gasteiger partial charge in [-0.2, -0.15) is 0 Å². The molecular formula is C16H16FNO2. The first-order chi connectivity index (χ1) is 9.41. The molecule has 0 spiro atoms. The normalized spacial score (nSPS) is 13.6. The molecule has 0 aliphatic heterocycles. The number of hydrogen-bond acceptors (Lipinski definition) is 2. The monoisotopic (exact) mass is 273 g/mol. The van der Waals surface area contributed by atoms with Gasteiger partial charge in [0.15, 0.2) is 5.54 Å². The summed E-state index contributed by atoms with van der Waals surface area (Å²) in [7, 11) is 0. The lowest BCUT2D eigenvalue weighted by Gasteiger charge is -2.28. The summed E-state index contributed by atoms with van der Waals surface area (Å²) < 4.78 is 13.2. The first kappa shape index (κ1) is 14.1. The van der Waals surface area contributed by atoms with E-state index in [2.05, 4.69) is 5.32 Å². The van der Waals surface area contributed by atoms with Gasteiger partial charge in [-0.1, -0.05) is 35.9 Å². The minimum Gasteiger partial charge on any atom is -0.479 e. The molecule has 0 saturated carbocycles. The Bertz CT molecular complexity index is 625. The minimum absolute atomic E-state index is 0.411. The number of carboxylic acids is 1. The van der Waals surface area contributed by atoms with E-state index in [4.69, 9.17) is 0 Å². The second kappa shape index (κ2) is 5.33. The third-order valence-corrected chi connectivity index (χ3v) is 3.28. The van der Waals surface area contributed by atoms with Crippen LogP contribution in [0.1, 0.15) is 18.1 Å². The third kappa shape index (κ3) is 2.79. The van der Waals surface area contributed by atoms with Gasteiger partial charge in [-0.3, -0.25) is 0 Å². The van der Waals surface area contributed by atoms with Gasteiger partial charge in [0, 0.05) is 5.69 Å². The zero-order valence-corrected chi connectivity index (χ0v) is 11.4. The fourth-order valence-electron chi connectivity index (χ4n) is 1.99. The molecule has 2 rings (SSSR count). The fraction of sp³-hybridized carbons (Fsp3) is 0.188. The highest BCUT2D eigenvalue weighted by atomic mass is 19.1. The van der Waals surface area contributed by atoms with E-state index in [1.807, 2.05) is 19.1 Å². The standard InChI is InChI=1S/C16H16FNO2/c1-11-6-8-12(9-7-11)16(2,15(19)20)18-14-5-3-4-13(17)10-14/h3-10,18H,1-2H3,(H,19,20). The Morgan fingerprint density at radius 1 is 1.20 bits per heavy atom. The lowest BCUT2D eigenvalue weighted by molar-refractivity contribution is -0.142. The van der Waals surface area contributed by atoms with Crippen molar-refractivity contribution in [1.29, 1.82) is 0 Å². The number of aryl methyl sites for hydroxylation is 1. The summed E-state index contributed by atoms with van der Waals surface area (Å²) in [6, 6.07) is 13.0. The summed E-state index contributed by atoms with van der Waals surface area (Å²) in [5.74, 6) is -1.43. The highest BCUT2D eigenvalue weighted by Crippen LogP contribution is 2.27. The van der Waals surface area contributed by atoms with E-state index in [1.165, 1.54) is 18.2 Å². The van der Waals surface area contributed by atoms with Crippen LogP contribution in [0.2, 0.25) is 0 Å². The van der Waals surface area contributed by atoms with Crippen molar-refractivity contribution in [2.24, 2.45) is 0 Å². The fourth-order valence-corrected chi connectivity index (χ4v) is 1.99. The van der Waals surface area contributed by atoms with Crippen molar-refractivity contribution in [3.63, 3.8) is 0 Å². The van der Waals surface area contributed by atoms with Crippen LogP contribution in [0.5, 0.6) is 0 Å². The smallest absolute Gasteiger partial charge is 0.333 e. The Labute approximate surface area is 117 Å². The molecule has 3 nitrogen and oxygen atoms in total. The van der Waals surface area contributed by atoms with Gasteiger partial charge in [0.25, 0.3) is 0 Å². The van der Waals surface area contributed by atoms with Gasteiger partial charge in [-0.15, -0.1) is 0 Å². The molecule has 0 aromatic heterocycles. The van der Waals surface area contributed by atoms with Gasteiger partial charge < -0.3 is 10.4 Å². The Balaban J connectivity index is 2.39. The van der Waals surface area contributed by atoms with E-state index in [9.17, 15) is 14.3 Å². The van der Waals surface area contributed by atoms with Gasteiger partial charge in [0.1, 0.15) is 5.82 Å². The lowest BCUT2D eigenvalue weighted by atomic mass is 9.91. The van der Waals surface area contributed by atoms with Crippen molar-refractivity contribution in [2.75, 3.05) is 5.32 Å². The number of carbonyl (C=O) groups is 1. The molecule has 0 radical (unpaired) electrons. The molecule has 20 heavy (non-hydrogen) atoms. The summed E-state index contributed by atoms with van der Waals surface area (Å²) in [6.45, 7) is 3.49. The molecule has 104 valence electrons. The third-order valence-electron chi connectivity index (χ3n) is 3.28. The van der Waals surface area contributed by atoms with Gasteiger partial charge in [0.2, 0.25) is 0 Å². The molecule has 0 fully saturated rings. The van der Waals surface area contributed by atoms with Crippen molar-refractivity contribution < 1.29 is 14.3 Å². The molecule has 1 unspecified atom stereocenters. The highest BCUT2D eigenvalue weighted by Gasteiger charge is 2.35. The number of rotatable bonds is 4. The number of hydrogen-bond donors (Lipinski definition) is 2. The van der Waals surface area contributed by atoms with Gasteiger partial charge in [-0.25, -0.2) is 9.18 Å². The quantitative estimate of drug-likeness (QED) is 0.895. The Kier molecular flexibility index (Phi) is 3.74. The molecular weight excluding hydrogens is 257 g/mol. The Morgan fingerprint density at radius 3 is 2.40 bits per heavy atom. The van der Waals surface area contributed by atoms with Gasteiger partial charge >= 0.3 is 5.97 Å². The Morgan fingerprint density at radius 2 is 1.85 bits per heavy atom. The number of aliphatic carboxylic acids is 1. The minimum atomic E-state index is -1.32. The average Bonchev–Trinajstić information content (AvgIpc) is 2.39. The van der Waals surface area contributed by atoms with Crippen LogP contribution in [0.3, 0.4) is 0 Å². The number of carboxylic acid groups (broad SMARTS) is 1. The molecule has 0 aliphatic rings. The molecule has 0 saturated heterocycles. The van der Waals surface area contributed by atoms with Crippen molar-refractivity contribution in [1.82, 2.24) is 0 Å². The predicted molar refractivity (Wildman–Crippen MR) is 76.2 cm³/mol. The zero-order chi connectivity index (χ0) is 14.8. The average molecular weight is 273 g/mol. The summed E-state index contributed by atoms with van der Waals surface area (Å²) in [4.78, 5) is 11.6. The molecule has 0 aliphatic carbocycles. The van der Waals surface area contributed by atoms with Crippen LogP contribution in [-0.4, -0.2) is 11.1 Å². The number of anilines is 1. The van der Waals surface area contributed by atoms with Crippen LogP contribution < -0.4 is 5.32 Å². The Hall–Kier alpha value is -2.36. The largest absolute Gasteiger partial charge is 0.479 e. The SMILES string of the molecule is Cc1ccc(C(C)(Nc2cccc(F)c2)C(=O)O)cc1. The molecule has 2 aromatic rings. The number of nitrogens with one attached hydrogen (secondary N) is 1. The zero-order valence-electron chi connectivity index (χ0n) is 11.4. The van der Waals surface area contributed by atoms with Crippen LogP contribution in [0.15, 0.2) is 48.5 Å². The molecule has 0 heterocycles. The van der Waals surface area contributed by atoms with Crippen molar-refractivity contribution >= 4 is 11.7 Å².